The van der Waals surface area contributed by atoms with Crippen molar-refractivity contribution in [2.24, 2.45) is 64.6 Å². The third-order valence-corrected chi connectivity index (χ3v) is 8.16. The first-order valence-electron chi connectivity index (χ1n) is 7.08. The molecule has 0 aromatic heterocycles. The van der Waals surface area contributed by atoms with Crippen molar-refractivity contribution >= 4 is 11.9 Å². The fraction of sp³-hybridized carbons (Fsp3) is 0.857. The number of carboxylic acids is 2. The number of carbonyl (C=O) groups is 2. The molecule has 10 atom stereocenters. The van der Waals surface area contributed by atoms with E-state index in [1.54, 1.807) is 0 Å². The molecule has 4 bridgehead atoms. The van der Waals surface area contributed by atoms with Gasteiger partial charge in [0.2, 0.25) is 0 Å². The average molecular weight is 246 g/mol. The van der Waals surface area contributed by atoms with Gasteiger partial charge in [-0.05, 0) is 65.6 Å². The van der Waals surface area contributed by atoms with Gasteiger partial charge in [-0.15, -0.1) is 0 Å². The minimum absolute atomic E-state index is 0.0220. The van der Waals surface area contributed by atoms with Gasteiger partial charge < -0.3 is 10.2 Å². The molecule has 2 N–H and O–H groups in total. The minimum atomic E-state index is -1.40. The van der Waals surface area contributed by atoms with Crippen molar-refractivity contribution in [1.29, 1.82) is 0 Å². The second kappa shape index (κ2) is 2.02. The Morgan fingerprint density at radius 2 is 1.22 bits per heavy atom. The average Bonchev–Trinajstić information content (AvgIpc) is 2.85. The van der Waals surface area contributed by atoms with Crippen molar-refractivity contribution in [2.45, 2.75) is 6.42 Å². The van der Waals surface area contributed by atoms with Crippen LogP contribution in [0.2, 0.25) is 0 Å². The molecule has 4 heteroatoms. The normalized spacial score (nSPS) is 69.1. The zero-order chi connectivity index (χ0) is 12.1. The lowest BCUT2D eigenvalue weighted by molar-refractivity contribution is -0.169. The van der Waals surface area contributed by atoms with Crippen LogP contribution in [-0.4, -0.2) is 22.2 Å². The maximum Gasteiger partial charge on any atom is 0.321 e. The first-order valence-corrected chi connectivity index (χ1v) is 7.08. The number of carboxylic acid groups (broad SMARTS) is 2. The third-order valence-electron chi connectivity index (χ3n) is 8.16. The highest BCUT2D eigenvalue weighted by molar-refractivity contribution is 6.01. The van der Waals surface area contributed by atoms with E-state index in [2.05, 4.69) is 0 Å². The Bertz CT molecular complexity index is 502. The Hall–Kier alpha value is -1.06. The molecule has 7 saturated carbocycles. The van der Waals surface area contributed by atoms with E-state index in [-0.39, 0.29) is 11.8 Å². The summed E-state index contributed by atoms with van der Waals surface area (Å²) in [6.07, 6.45) is 1.29. The topological polar surface area (TPSA) is 74.6 Å². The first-order chi connectivity index (χ1) is 8.61. The maximum atomic E-state index is 11.8. The van der Waals surface area contributed by atoms with Crippen LogP contribution in [0.15, 0.2) is 0 Å². The Kier molecular flexibility index (Phi) is 1.00. The van der Waals surface area contributed by atoms with Crippen molar-refractivity contribution in [2.75, 3.05) is 0 Å². The standard InChI is InChI=1S/C14H14O4/c15-12(16)14(13(17)18)10-6-2-1-3-5-4(2)8(10)9(5)11(14)7(3)6/h2-11H,1H2,(H,15,16)(H,17,18)/t2-,3-,4+,5+,6-,7-,8-,9+,10-,11-/m1/s1. The third kappa shape index (κ3) is 0.466. The van der Waals surface area contributed by atoms with E-state index in [0.717, 1.165) is 11.8 Å². The molecular formula is C14H14O4. The molecule has 7 fully saturated rings. The predicted molar refractivity (Wildman–Crippen MR) is 57.2 cm³/mol. The summed E-state index contributed by atoms with van der Waals surface area (Å²) in [4.78, 5) is 23.6. The van der Waals surface area contributed by atoms with E-state index in [1.807, 2.05) is 0 Å². The molecule has 4 nitrogen and oxygen atoms in total. The van der Waals surface area contributed by atoms with Gasteiger partial charge in [-0.3, -0.25) is 9.59 Å². The summed E-state index contributed by atoms with van der Waals surface area (Å²) >= 11 is 0. The van der Waals surface area contributed by atoms with Crippen molar-refractivity contribution in [1.82, 2.24) is 0 Å². The lowest BCUT2D eigenvalue weighted by Gasteiger charge is -2.44. The van der Waals surface area contributed by atoms with Gasteiger partial charge in [0.15, 0.2) is 5.41 Å². The number of hydrogen-bond donors (Lipinski definition) is 2. The zero-order valence-electron chi connectivity index (χ0n) is 9.69. The molecule has 18 heavy (non-hydrogen) atoms. The quantitative estimate of drug-likeness (QED) is 0.706. The summed E-state index contributed by atoms with van der Waals surface area (Å²) in [6.45, 7) is 0. The van der Waals surface area contributed by atoms with Crippen molar-refractivity contribution in [3.63, 3.8) is 0 Å². The lowest BCUT2D eigenvalue weighted by atomic mass is 9.60. The summed E-state index contributed by atoms with van der Waals surface area (Å²) in [5.41, 5.74) is -1.40. The highest BCUT2D eigenvalue weighted by Gasteiger charge is 2.95. The van der Waals surface area contributed by atoms with E-state index < -0.39 is 17.4 Å². The smallest absolute Gasteiger partial charge is 0.321 e. The van der Waals surface area contributed by atoms with E-state index in [1.165, 1.54) is 6.42 Å². The Labute approximate surface area is 103 Å². The fourth-order valence-corrected chi connectivity index (χ4v) is 8.63. The SMILES string of the molecule is O=C(O)C1(C(=O)O)[C@H]2[C@@H]3[C@H]4[C@H]5C[C@@H]6[C@@H]4[C@@H]3[C@H]1[C@H]6[C@@H]52. The molecule has 0 amide bonds. The van der Waals surface area contributed by atoms with Gasteiger partial charge in [0, 0.05) is 0 Å². The molecule has 0 aromatic rings. The van der Waals surface area contributed by atoms with Crippen molar-refractivity contribution < 1.29 is 19.8 Å². The largest absolute Gasteiger partial charge is 0.480 e. The van der Waals surface area contributed by atoms with Crippen LogP contribution in [0.1, 0.15) is 6.42 Å². The molecule has 0 radical (unpaired) electrons. The zero-order valence-corrected chi connectivity index (χ0v) is 9.69. The van der Waals surface area contributed by atoms with Gasteiger partial charge in [-0.1, -0.05) is 0 Å². The molecule has 7 aliphatic carbocycles. The van der Waals surface area contributed by atoms with Crippen LogP contribution >= 0.6 is 0 Å². The van der Waals surface area contributed by atoms with Crippen molar-refractivity contribution in [3.8, 4) is 0 Å². The second-order valence-corrected chi connectivity index (χ2v) is 7.56. The van der Waals surface area contributed by atoms with E-state index in [0.29, 0.717) is 35.5 Å². The van der Waals surface area contributed by atoms with Gasteiger partial charge in [0.1, 0.15) is 0 Å². The van der Waals surface area contributed by atoms with Crippen molar-refractivity contribution in [3.05, 3.63) is 0 Å². The van der Waals surface area contributed by atoms with Gasteiger partial charge in [0.05, 0.1) is 0 Å². The minimum Gasteiger partial charge on any atom is -0.480 e. The predicted octanol–water partition coefficient (Wildman–Crippen LogP) is 0.776. The molecule has 0 saturated heterocycles. The Morgan fingerprint density at radius 1 is 0.778 bits per heavy atom. The van der Waals surface area contributed by atoms with E-state index in [9.17, 15) is 19.8 Å². The monoisotopic (exact) mass is 246 g/mol. The van der Waals surface area contributed by atoms with Crippen LogP contribution in [0.25, 0.3) is 0 Å². The number of rotatable bonds is 2. The molecular weight excluding hydrogens is 232 g/mol. The van der Waals surface area contributed by atoms with Gasteiger partial charge >= 0.3 is 11.9 Å². The molecule has 0 unspecified atom stereocenters. The molecule has 0 aromatic carbocycles. The van der Waals surface area contributed by atoms with Crippen LogP contribution < -0.4 is 0 Å². The van der Waals surface area contributed by atoms with Crippen LogP contribution in [0.5, 0.6) is 0 Å². The lowest BCUT2D eigenvalue weighted by Crippen LogP contribution is -2.45. The molecule has 0 spiro atoms. The highest BCUT2D eigenvalue weighted by Crippen LogP contribution is 2.94. The highest BCUT2D eigenvalue weighted by atomic mass is 16.4. The summed E-state index contributed by atoms with van der Waals surface area (Å²) in [5.74, 6) is 2.56. The second-order valence-electron chi connectivity index (χ2n) is 7.56. The van der Waals surface area contributed by atoms with E-state index in [4.69, 9.17) is 0 Å². The van der Waals surface area contributed by atoms with Crippen LogP contribution in [-0.2, 0) is 9.59 Å². The van der Waals surface area contributed by atoms with Gasteiger partial charge in [-0.2, -0.15) is 0 Å². The van der Waals surface area contributed by atoms with Gasteiger partial charge in [-0.25, -0.2) is 0 Å². The maximum absolute atomic E-state index is 11.8. The molecule has 7 aliphatic rings. The molecule has 0 aliphatic heterocycles. The molecule has 94 valence electrons. The van der Waals surface area contributed by atoms with E-state index >= 15 is 0 Å². The number of aliphatic carboxylic acids is 2. The summed E-state index contributed by atoms with van der Waals surface area (Å²) in [5, 5.41) is 19.3. The van der Waals surface area contributed by atoms with Crippen LogP contribution in [0.3, 0.4) is 0 Å². The Morgan fingerprint density at radius 3 is 1.61 bits per heavy atom. The molecule has 7 rings (SSSR count). The van der Waals surface area contributed by atoms with Crippen LogP contribution in [0, 0.1) is 64.6 Å². The number of hydrogen-bond acceptors (Lipinski definition) is 2. The van der Waals surface area contributed by atoms with Gasteiger partial charge in [0.25, 0.3) is 0 Å². The first kappa shape index (κ1) is 8.94. The summed E-state index contributed by atoms with van der Waals surface area (Å²) < 4.78 is 0. The summed E-state index contributed by atoms with van der Waals surface area (Å²) in [7, 11) is 0. The Balaban J connectivity index is 1.69. The van der Waals surface area contributed by atoms with Crippen LogP contribution in [0.4, 0.5) is 0 Å². The fourth-order valence-electron chi connectivity index (χ4n) is 8.63. The summed E-state index contributed by atoms with van der Waals surface area (Å²) in [6, 6.07) is 0. The molecule has 0 heterocycles.